The molecule has 0 atom stereocenters. The van der Waals surface area contributed by atoms with E-state index in [1.54, 1.807) is 12.1 Å². The van der Waals surface area contributed by atoms with Gasteiger partial charge in [0.2, 0.25) is 5.91 Å². The predicted molar refractivity (Wildman–Crippen MR) is 94.1 cm³/mol. The number of piperidine rings is 1. The van der Waals surface area contributed by atoms with E-state index >= 15 is 0 Å². The maximum absolute atomic E-state index is 12.3. The molecule has 0 aromatic carbocycles. The summed E-state index contributed by atoms with van der Waals surface area (Å²) in [6.07, 6.45) is 2.54. The van der Waals surface area contributed by atoms with E-state index in [1.165, 1.54) is 11.3 Å². The van der Waals surface area contributed by atoms with E-state index in [0.29, 0.717) is 28.8 Å². The van der Waals surface area contributed by atoms with Gasteiger partial charge in [0.05, 0.1) is 9.21 Å². The van der Waals surface area contributed by atoms with Crippen molar-refractivity contribution in [3.63, 3.8) is 0 Å². The average molecular weight is 358 g/mol. The molecular formula is C16H24ClN3O2S. The first-order valence-electron chi connectivity index (χ1n) is 8.15. The number of hydrogen-bond acceptors (Lipinski definition) is 4. The first kappa shape index (κ1) is 18.2. The Bertz CT molecular complexity index is 527. The highest BCUT2D eigenvalue weighted by atomic mass is 35.5. The number of carbonyl (C=O) groups is 2. The number of halogens is 1. The Balaban J connectivity index is 1.71. The molecule has 1 aliphatic heterocycles. The molecule has 128 valence electrons. The van der Waals surface area contributed by atoms with Crippen LogP contribution >= 0.6 is 22.9 Å². The number of nitrogens with one attached hydrogen (secondary N) is 2. The van der Waals surface area contributed by atoms with Gasteiger partial charge in [-0.1, -0.05) is 18.5 Å². The lowest BCUT2D eigenvalue weighted by Crippen LogP contribution is -2.43. The monoisotopic (exact) mass is 357 g/mol. The van der Waals surface area contributed by atoms with Crippen LogP contribution in [0.4, 0.5) is 0 Å². The molecule has 0 saturated carbocycles. The molecule has 1 aromatic rings. The Kier molecular flexibility index (Phi) is 7.33. The number of nitrogens with zero attached hydrogens (tertiary/aromatic N) is 1. The van der Waals surface area contributed by atoms with Crippen molar-refractivity contribution < 1.29 is 9.59 Å². The number of rotatable bonds is 7. The second-order valence-corrected chi connectivity index (χ2v) is 7.43. The fraction of sp³-hybridized carbons (Fsp3) is 0.625. The van der Waals surface area contributed by atoms with E-state index in [1.807, 2.05) is 4.90 Å². The van der Waals surface area contributed by atoms with Gasteiger partial charge in [-0.2, -0.15) is 0 Å². The van der Waals surface area contributed by atoms with Crippen molar-refractivity contribution in [2.45, 2.75) is 26.2 Å². The van der Waals surface area contributed by atoms with Crippen LogP contribution in [-0.2, 0) is 4.79 Å². The van der Waals surface area contributed by atoms with Gasteiger partial charge < -0.3 is 15.5 Å². The zero-order valence-electron chi connectivity index (χ0n) is 13.4. The molecule has 0 aliphatic carbocycles. The van der Waals surface area contributed by atoms with Crippen LogP contribution in [0.2, 0.25) is 4.34 Å². The minimum absolute atomic E-state index is 0.0112. The van der Waals surface area contributed by atoms with Crippen LogP contribution in [0.1, 0.15) is 35.9 Å². The number of likely N-dealkylation sites (tertiary alicyclic amines) is 1. The van der Waals surface area contributed by atoms with Crippen LogP contribution in [0.3, 0.4) is 0 Å². The molecule has 0 unspecified atom stereocenters. The molecule has 0 radical (unpaired) electrons. The number of hydrogen-bond donors (Lipinski definition) is 2. The summed E-state index contributed by atoms with van der Waals surface area (Å²) in [5.74, 6) is 0.135. The summed E-state index contributed by atoms with van der Waals surface area (Å²) in [4.78, 5) is 26.9. The van der Waals surface area contributed by atoms with Gasteiger partial charge in [-0.05, 0) is 37.9 Å². The Morgan fingerprint density at radius 1 is 1.26 bits per heavy atom. The summed E-state index contributed by atoms with van der Waals surface area (Å²) in [7, 11) is 0. The van der Waals surface area contributed by atoms with Crippen molar-refractivity contribution in [2.75, 3.05) is 32.7 Å². The van der Waals surface area contributed by atoms with Crippen molar-refractivity contribution in [1.29, 1.82) is 0 Å². The van der Waals surface area contributed by atoms with Crippen LogP contribution in [0.25, 0.3) is 0 Å². The fourth-order valence-corrected chi connectivity index (χ4v) is 3.66. The van der Waals surface area contributed by atoms with Gasteiger partial charge in [0.15, 0.2) is 0 Å². The molecule has 2 amide bonds. The maximum atomic E-state index is 12.3. The molecular weight excluding hydrogens is 334 g/mol. The SMILES string of the molecule is CCCNCCNC(=O)C1CCN(C(=O)c2ccc(Cl)s2)CC1. The third-order valence-corrected chi connectivity index (χ3v) is 5.18. The van der Waals surface area contributed by atoms with Gasteiger partial charge >= 0.3 is 0 Å². The number of carbonyl (C=O) groups excluding carboxylic acids is 2. The summed E-state index contributed by atoms with van der Waals surface area (Å²) < 4.78 is 0.624. The lowest BCUT2D eigenvalue weighted by atomic mass is 9.96. The number of amides is 2. The van der Waals surface area contributed by atoms with Crippen LogP contribution in [0.15, 0.2) is 12.1 Å². The lowest BCUT2D eigenvalue weighted by Gasteiger charge is -2.31. The van der Waals surface area contributed by atoms with Crippen molar-refractivity contribution in [1.82, 2.24) is 15.5 Å². The summed E-state index contributed by atoms with van der Waals surface area (Å²) >= 11 is 7.18. The second kappa shape index (κ2) is 9.25. The second-order valence-electron chi connectivity index (χ2n) is 5.71. The molecule has 2 N–H and O–H groups in total. The van der Waals surface area contributed by atoms with Crippen LogP contribution in [-0.4, -0.2) is 49.4 Å². The highest BCUT2D eigenvalue weighted by molar-refractivity contribution is 7.17. The smallest absolute Gasteiger partial charge is 0.263 e. The van der Waals surface area contributed by atoms with E-state index in [9.17, 15) is 9.59 Å². The molecule has 5 nitrogen and oxygen atoms in total. The van der Waals surface area contributed by atoms with Crippen LogP contribution in [0.5, 0.6) is 0 Å². The number of thiophene rings is 1. The fourth-order valence-electron chi connectivity index (χ4n) is 2.65. The van der Waals surface area contributed by atoms with Gasteiger partial charge in [-0.15, -0.1) is 11.3 Å². The highest BCUT2D eigenvalue weighted by Gasteiger charge is 2.28. The molecule has 2 rings (SSSR count). The van der Waals surface area contributed by atoms with Crippen molar-refractivity contribution in [3.8, 4) is 0 Å². The summed E-state index contributed by atoms with van der Waals surface area (Å²) in [5, 5.41) is 6.23. The minimum atomic E-state index is 0.0112. The van der Waals surface area contributed by atoms with Crippen molar-refractivity contribution in [2.24, 2.45) is 5.92 Å². The van der Waals surface area contributed by atoms with Crippen molar-refractivity contribution >= 4 is 34.8 Å². The molecule has 0 spiro atoms. The standard InChI is InChI=1S/C16H24ClN3O2S/c1-2-7-18-8-9-19-15(21)12-5-10-20(11-6-12)16(22)13-3-4-14(17)23-13/h3-4,12,18H,2,5-11H2,1H3,(H,19,21). The molecule has 2 heterocycles. The summed E-state index contributed by atoms with van der Waals surface area (Å²) in [5.41, 5.74) is 0. The third kappa shape index (κ3) is 5.48. The van der Waals surface area contributed by atoms with Crippen LogP contribution in [0, 0.1) is 5.92 Å². The topological polar surface area (TPSA) is 61.4 Å². The molecule has 23 heavy (non-hydrogen) atoms. The van der Waals surface area contributed by atoms with Crippen molar-refractivity contribution in [3.05, 3.63) is 21.3 Å². The molecule has 0 bridgehead atoms. The summed E-state index contributed by atoms with van der Waals surface area (Å²) in [6, 6.07) is 3.50. The Labute approximate surface area is 146 Å². The molecule has 1 aromatic heterocycles. The van der Waals surface area contributed by atoms with Crippen LogP contribution < -0.4 is 10.6 Å². The van der Waals surface area contributed by atoms with Gasteiger partial charge in [0.1, 0.15) is 0 Å². The summed E-state index contributed by atoms with van der Waals surface area (Å²) in [6.45, 7) is 5.80. The maximum Gasteiger partial charge on any atom is 0.263 e. The Hall–Kier alpha value is -1.11. The van der Waals surface area contributed by atoms with E-state index in [0.717, 1.165) is 32.4 Å². The molecule has 1 aliphatic rings. The third-order valence-electron chi connectivity index (χ3n) is 3.96. The first-order valence-corrected chi connectivity index (χ1v) is 9.34. The largest absolute Gasteiger partial charge is 0.355 e. The first-order chi connectivity index (χ1) is 11.1. The average Bonchev–Trinajstić information content (AvgIpc) is 3.00. The lowest BCUT2D eigenvalue weighted by molar-refractivity contribution is -0.126. The normalized spacial score (nSPS) is 15.7. The predicted octanol–water partition coefficient (Wildman–Crippen LogP) is 2.37. The van der Waals surface area contributed by atoms with Gasteiger partial charge in [0.25, 0.3) is 5.91 Å². The highest BCUT2D eigenvalue weighted by Crippen LogP contribution is 2.25. The molecule has 1 fully saturated rings. The Morgan fingerprint density at radius 2 is 2.00 bits per heavy atom. The minimum Gasteiger partial charge on any atom is -0.355 e. The van der Waals surface area contributed by atoms with E-state index in [-0.39, 0.29) is 17.7 Å². The molecule has 7 heteroatoms. The quantitative estimate of drug-likeness (QED) is 0.736. The van der Waals surface area contributed by atoms with E-state index in [2.05, 4.69) is 17.6 Å². The van der Waals surface area contributed by atoms with Gasteiger partial charge in [-0.3, -0.25) is 9.59 Å². The van der Waals surface area contributed by atoms with Gasteiger partial charge in [0, 0.05) is 32.1 Å². The molecule has 1 saturated heterocycles. The Morgan fingerprint density at radius 3 is 2.61 bits per heavy atom. The van der Waals surface area contributed by atoms with E-state index < -0.39 is 0 Å². The van der Waals surface area contributed by atoms with E-state index in [4.69, 9.17) is 11.6 Å². The van der Waals surface area contributed by atoms with Gasteiger partial charge in [-0.25, -0.2) is 0 Å². The zero-order valence-corrected chi connectivity index (χ0v) is 15.0. The zero-order chi connectivity index (χ0) is 16.7.